The van der Waals surface area contributed by atoms with Gasteiger partial charge in [-0.2, -0.15) is 13.2 Å². The molecule has 0 unspecified atom stereocenters. The molecule has 0 bridgehead atoms. The Morgan fingerprint density at radius 3 is 2.56 bits per heavy atom. The largest absolute Gasteiger partial charge is 0.471 e. The molecule has 10 heteroatoms. The number of halogens is 3. The van der Waals surface area contributed by atoms with E-state index in [1.165, 1.54) is 12.1 Å². The Morgan fingerprint density at radius 1 is 1.16 bits per heavy atom. The highest BCUT2D eigenvalue weighted by Gasteiger charge is 2.43. The number of hydrogen-bond acceptors (Lipinski definition) is 4. The third-order valence-corrected chi connectivity index (χ3v) is 6.91. The number of nitrogens with zero attached hydrogens (tertiary/aromatic N) is 2. The molecule has 0 spiro atoms. The van der Waals surface area contributed by atoms with Crippen LogP contribution < -0.4 is 9.62 Å². The molecule has 0 saturated heterocycles. The third kappa shape index (κ3) is 5.60. The van der Waals surface area contributed by atoms with Gasteiger partial charge in [-0.25, -0.2) is 13.1 Å². The molecule has 0 aliphatic carbocycles. The zero-order chi connectivity index (χ0) is 23.5. The van der Waals surface area contributed by atoms with Crippen LogP contribution in [0.5, 0.6) is 0 Å². The summed E-state index contributed by atoms with van der Waals surface area (Å²) in [6.07, 6.45) is -4.71. The molecule has 3 rings (SSSR count). The summed E-state index contributed by atoms with van der Waals surface area (Å²) < 4.78 is 66.4. The Morgan fingerprint density at radius 2 is 1.91 bits per heavy atom. The van der Waals surface area contributed by atoms with Crippen LogP contribution in [-0.4, -0.2) is 51.6 Å². The van der Waals surface area contributed by atoms with E-state index < -0.39 is 22.1 Å². The van der Waals surface area contributed by atoms with Crippen LogP contribution in [0.1, 0.15) is 23.6 Å². The van der Waals surface area contributed by atoms with Crippen molar-refractivity contribution in [1.29, 1.82) is 0 Å². The molecular formula is C22H26F3N3O3S. The van der Waals surface area contributed by atoms with Gasteiger partial charge in [0.1, 0.15) is 0 Å². The maximum absolute atomic E-state index is 12.8. The summed E-state index contributed by atoms with van der Waals surface area (Å²) in [6, 6.07) is 12.3. The maximum Gasteiger partial charge on any atom is 0.471 e. The van der Waals surface area contributed by atoms with Gasteiger partial charge in [0.25, 0.3) is 0 Å². The zero-order valence-electron chi connectivity index (χ0n) is 17.9. The molecule has 1 heterocycles. The number of rotatable bonds is 7. The second-order valence-corrected chi connectivity index (χ2v) is 9.49. The van der Waals surface area contributed by atoms with Crippen molar-refractivity contribution in [2.24, 2.45) is 0 Å². The standard InChI is InChI=1S/C22H26F3N3O3S/c1-3-27(19-6-4-5-16(2)13-19)12-10-26-32(30,31)20-8-7-17-9-11-28(15-18(17)14-20)21(29)22(23,24)25/h4-8,13-14,26H,3,9-12,15H2,1-2H3. The molecule has 6 nitrogen and oxygen atoms in total. The first kappa shape index (κ1) is 24.1. The highest BCUT2D eigenvalue weighted by atomic mass is 32.2. The highest BCUT2D eigenvalue weighted by molar-refractivity contribution is 7.89. The van der Waals surface area contributed by atoms with Crippen LogP contribution in [0.3, 0.4) is 0 Å². The number of alkyl halides is 3. The Hall–Kier alpha value is -2.59. The zero-order valence-corrected chi connectivity index (χ0v) is 18.8. The highest BCUT2D eigenvalue weighted by Crippen LogP contribution is 2.26. The van der Waals surface area contributed by atoms with Crippen molar-refractivity contribution in [3.05, 3.63) is 59.2 Å². The van der Waals surface area contributed by atoms with Crippen LogP contribution in [0.2, 0.25) is 0 Å². The lowest BCUT2D eigenvalue weighted by molar-refractivity contribution is -0.186. The minimum Gasteiger partial charge on any atom is -0.370 e. The quantitative estimate of drug-likeness (QED) is 0.676. The number of hydrogen-bond donors (Lipinski definition) is 1. The molecule has 174 valence electrons. The molecule has 0 radical (unpaired) electrons. The van der Waals surface area contributed by atoms with Crippen LogP contribution >= 0.6 is 0 Å². The first-order valence-electron chi connectivity index (χ1n) is 10.3. The lowest BCUT2D eigenvalue weighted by Gasteiger charge is -2.29. The van der Waals surface area contributed by atoms with Gasteiger partial charge in [-0.3, -0.25) is 4.79 Å². The van der Waals surface area contributed by atoms with Crippen molar-refractivity contribution in [2.45, 2.75) is 37.9 Å². The van der Waals surface area contributed by atoms with Gasteiger partial charge in [0.2, 0.25) is 10.0 Å². The van der Waals surface area contributed by atoms with E-state index in [1.54, 1.807) is 6.07 Å². The fourth-order valence-corrected chi connectivity index (χ4v) is 4.82. The van der Waals surface area contributed by atoms with Crippen LogP contribution in [0.15, 0.2) is 47.4 Å². The summed E-state index contributed by atoms with van der Waals surface area (Å²) in [7, 11) is -3.86. The van der Waals surface area contributed by atoms with E-state index in [1.807, 2.05) is 43.0 Å². The minimum atomic E-state index is -4.95. The Balaban J connectivity index is 1.68. The van der Waals surface area contributed by atoms with Gasteiger partial charge < -0.3 is 9.80 Å². The number of anilines is 1. The van der Waals surface area contributed by atoms with Gasteiger partial charge in [0.15, 0.2) is 0 Å². The summed E-state index contributed by atoms with van der Waals surface area (Å²) in [5.41, 5.74) is 3.25. The Kier molecular flexibility index (Phi) is 7.14. The minimum absolute atomic E-state index is 0.0313. The molecule has 32 heavy (non-hydrogen) atoms. The fourth-order valence-electron chi connectivity index (χ4n) is 3.75. The summed E-state index contributed by atoms with van der Waals surface area (Å²) in [5.74, 6) is -1.91. The molecule has 2 aromatic carbocycles. The summed E-state index contributed by atoms with van der Waals surface area (Å²) in [5, 5.41) is 0. The number of likely N-dealkylation sites (N-methyl/N-ethyl adjacent to an activating group) is 1. The van der Waals surface area contributed by atoms with Crippen LogP contribution in [0.4, 0.5) is 18.9 Å². The van der Waals surface area contributed by atoms with E-state index in [4.69, 9.17) is 0 Å². The van der Waals surface area contributed by atoms with Gasteiger partial charge in [-0.15, -0.1) is 0 Å². The van der Waals surface area contributed by atoms with Crippen LogP contribution in [0.25, 0.3) is 0 Å². The maximum atomic E-state index is 12.8. The lowest BCUT2D eigenvalue weighted by Crippen LogP contribution is -2.43. The van der Waals surface area contributed by atoms with Crippen molar-refractivity contribution < 1.29 is 26.4 Å². The second-order valence-electron chi connectivity index (χ2n) is 7.72. The van der Waals surface area contributed by atoms with Crippen LogP contribution in [0, 0.1) is 6.92 Å². The number of benzene rings is 2. The van der Waals surface area contributed by atoms with E-state index in [0.717, 1.165) is 16.8 Å². The van der Waals surface area contributed by atoms with Crippen molar-refractivity contribution in [3.8, 4) is 0 Å². The van der Waals surface area contributed by atoms with Gasteiger partial charge in [-0.1, -0.05) is 18.2 Å². The monoisotopic (exact) mass is 469 g/mol. The third-order valence-electron chi connectivity index (χ3n) is 5.45. The van der Waals surface area contributed by atoms with E-state index in [-0.39, 0.29) is 31.0 Å². The number of fused-ring (bicyclic) bond motifs is 1. The van der Waals surface area contributed by atoms with E-state index >= 15 is 0 Å². The van der Waals surface area contributed by atoms with Crippen molar-refractivity contribution in [1.82, 2.24) is 9.62 Å². The van der Waals surface area contributed by atoms with Crippen molar-refractivity contribution in [3.63, 3.8) is 0 Å². The Bertz CT molecular complexity index is 1090. The molecule has 1 amide bonds. The molecule has 0 atom stereocenters. The average molecular weight is 470 g/mol. The first-order chi connectivity index (χ1) is 15.0. The van der Waals surface area contributed by atoms with Gasteiger partial charge in [-0.05, 0) is 61.2 Å². The summed E-state index contributed by atoms with van der Waals surface area (Å²) >= 11 is 0. The van der Waals surface area contributed by atoms with Crippen molar-refractivity contribution >= 4 is 21.6 Å². The summed E-state index contributed by atoms with van der Waals surface area (Å²) in [4.78, 5) is 14.3. The number of carbonyl (C=O) groups excluding carboxylic acids is 1. The molecule has 0 aromatic heterocycles. The smallest absolute Gasteiger partial charge is 0.370 e. The van der Waals surface area contributed by atoms with Crippen LogP contribution in [-0.2, 0) is 27.8 Å². The number of sulfonamides is 1. The van der Waals surface area contributed by atoms with Gasteiger partial charge in [0, 0.05) is 38.4 Å². The topological polar surface area (TPSA) is 69.7 Å². The fraction of sp³-hybridized carbons (Fsp3) is 0.409. The Labute approximate surface area is 186 Å². The molecule has 1 aliphatic rings. The van der Waals surface area contributed by atoms with Gasteiger partial charge in [0.05, 0.1) is 4.90 Å². The van der Waals surface area contributed by atoms with E-state index in [9.17, 15) is 26.4 Å². The predicted molar refractivity (Wildman–Crippen MR) is 116 cm³/mol. The first-order valence-corrected chi connectivity index (χ1v) is 11.8. The van der Waals surface area contributed by atoms with E-state index in [2.05, 4.69) is 4.72 Å². The molecule has 1 aliphatic heterocycles. The molecule has 0 fully saturated rings. The number of nitrogens with one attached hydrogen (secondary N) is 1. The SMILES string of the molecule is CCN(CCNS(=O)(=O)c1ccc2c(c1)CN(C(=O)C(F)(F)F)CC2)c1cccc(C)c1. The number of amides is 1. The van der Waals surface area contributed by atoms with E-state index in [0.29, 0.717) is 23.6 Å². The summed E-state index contributed by atoms with van der Waals surface area (Å²) in [6.45, 7) is 4.97. The van der Waals surface area contributed by atoms with Crippen molar-refractivity contribution in [2.75, 3.05) is 31.1 Å². The molecule has 1 N–H and O–H groups in total. The number of aryl methyl sites for hydroxylation is 1. The molecule has 2 aromatic rings. The predicted octanol–water partition coefficient (Wildman–Crippen LogP) is 3.25. The average Bonchev–Trinajstić information content (AvgIpc) is 2.74. The normalized spacial score (nSPS) is 14.2. The molecule has 0 saturated carbocycles. The van der Waals surface area contributed by atoms with Gasteiger partial charge >= 0.3 is 12.1 Å². The number of carbonyl (C=O) groups is 1. The lowest BCUT2D eigenvalue weighted by atomic mass is 10.00. The molecular weight excluding hydrogens is 443 g/mol. The second kappa shape index (κ2) is 9.50.